The van der Waals surface area contributed by atoms with Gasteiger partial charge in [0.1, 0.15) is 16.7 Å². The Kier molecular flexibility index (Phi) is 6.69. The van der Waals surface area contributed by atoms with Gasteiger partial charge in [0.05, 0.1) is 0 Å². The fourth-order valence-corrected chi connectivity index (χ4v) is 3.16. The summed E-state index contributed by atoms with van der Waals surface area (Å²) in [4.78, 5) is 29.8. The Hall–Kier alpha value is -4.38. The van der Waals surface area contributed by atoms with E-state index in [2.05, 4.69) is 25.6 Å². The highest BCUT2D eigenvalue weighted by molar-refractivity contribution is 6.34. The lowest BCUT2D eigenvalue weighted by molar-refractivity contribution is 0.101. The molecule has 3 heterocycles. The van der Waals surface area contributed by atoms with Crippen molar-refractivity contribution in [2.75, 3.05) is 11.1 Å². The normalized spacial score (nSPS) is 10.9. The first-order valence-corrected chi connectivity index (χ1v) is 10.7. The van der Waals surface area contributed by atoms with Crippen molar-refractivity contribution in [3.63, 3.8) is 0 Å². The lowest BCUT2D eigenvalue weighted by Crippen LogP contribution is -2.28. The van der Waals surface area contributed by atoms with Crippen LogP contribution >= 0.6 is 11.6 Å². The molecule has 1 aromatic carbocycles. The van der Waals surface area contributed by atoms with Gasteiger partial charge in [0, 0.05) is 36.1 Å². The summed E-state index contributed by atoms with van der Waals surface area (Å²) in [6, 6.07) is 9.65. The SMILES string of the molecule is CC(C)n1cc(-c2ccc(F)cc2)c(=O)c(C(=O)Nc2ccc(Oc3ccnc(N)c3Cl)nn2)n1. The van der Waals surface area contributed by atoms with Gasteiger partial charge < -0.3 is 15.8 Å². The molecule has 0 saturated heterocycles. The summed E-state index contributed by atoms with van der Waals surface area (Å²) in [5, 5.41) is 14.6. The highest BCUT2D eigenvalue weighted by atomic mass is 35.5. The fourth-order valence-electron chi connectivity index (χ4n) is 3.01. The molecule has 3 N–H and O–H groups in total. The number of carbonyl (C=O) groups excluding carboxylic acids is 1. The van der Waals surface area contributed by atoms with Gasteiger partial charge in [0.15, 0.2) is 17.3 Å². The second kappa shape index (κ2) is 9.85. The van der Waals surface area contributed by atoms with Gasteiger partial charge in [-0.15, -0.1) is 10.2 Å². The molecular weight excluding hydrogens is 477 g/mol. The van der Waals surface area contributed by atoms with Crippen LogP contribution in [0.4, 0.5) is 16.0 Å². The summed E-state index contributed by atoms with van der Waals surface area (Å²) < 4.78 is 20.4. The van der Waals surface area contributed by atoms with E-state index in [0.29, 0.717) is 5.56 Å². The van der Waals surface area contributed by atoms with Gasteiger partial charge in [-0.25, -0.2) is 9.37 Å². The molecular formula is C23H19ClFN7O3. The molecule has 4 aromatic rings. The van der Waals surface area contributed by atoms with Gasteiger partial charge >= 0.3 is 0 Å². The van der Waals surface area contributed by atoms with Gasteiger partial charge in [-0.2, -0.15) is 5.10 Å². The maximum absolute atomic E-state index is 13.4. The van der Waals surface area contributed by atoms with Gasteiger partial charge in [-0.1, -0.05) is 23.7 Å². The van der Waals surface area contributed by atoms with E-state index < -0.39 is 17.2 Å². The van der Waals surface area contributed by atoms with Crippen LogP contribution in [0.15, 0.2) is 59.7 Å². The first kappa shape index (κ1) is 23.8. The van der Waals surface area contributed by atoms with Crippen molar-refractivity contribution in [3.8, 4) is 22.8 Å². The predicted molar refractivity (Wildman–Crippen MR) is 128 cm³/mol. The molecule has 0 unspecified atom stereocenters. The van der Waals surface area contributed by atoms with E-state index >= 15 is 0 Å². The number of hydrogen-bond donors (Lipinski definition) is 2. The minimum absolute atomic E-state index is 0.0622. The molecule has 0 spiro atoms. The number of nitrogen functional groups attached to an aromatic ring is 1. The number of carbonyl (C=O) groups is 1. The van der Waals surface area contributed by atoms with Gasteiger partial charge in [0.25, 0.3) is 5.91 Å². The number of hydrogen-bond acceptors (Lipinski definition) is 8. The number of aromatic nitrogens is 5. The molecule has 35 heavy (non-hydrogen) atoms. The van der Waals surface area contributed by atoms with Crippen molar-refractivity contribution in [3.05, 3.63) is 81.6 Å². The number of amides is 1. The van der Waals surface area contributed by atoms with Gasteiger partial charge in [-0.05, 0) is 37.6 Å². The Morgan fingerprint density at radius 2 is 1.89 bits per heavy atom. The zero-order valence-corrected chi connectivity index (χ0v) is 19.3. The number of halogens is 2. The first-order chi connectivity index (χ1) is 16.7. The average Bonchev–Trinajstić information content (AvgIpc) is 2.84. The van der Waals surface area contributed by atoms with Crippen LogP contribution in [0.25, 0.3) is 11.1 Å². The maximum atomic E-state index is 13.4. The van der Waals surface area contributed by atoms with E-state index in [4.69, 9.17) is 22.1 Å². The van der Waals surface area contributed by atoms with Crippen LogP contribution in [0.2, 0.25) is 5.02 Å². The molecule has 0 bridgehead atoms. The molecule has 1 amide bonds. The molecule has 3 aromatic heterocycles. The highest BCUT2D eigenvalue weighted by Crippen LogP contribution is 2.31. The Labute approximate surface area is 203 Å². The third-order valence-corrected chi connectivity index (χ3v) is 5.19. The standard InChI is InChI=1S/C23H19ClFN7O3/c1-12(2)32-11-15(13-3-5-14(25)6-4-13)21(33)20(31-32)23(34)28-17-7-8-18(30-29-17)35-16-9-10-27-22(26)19(16)24/h3-12H,1-2H3,(H2,26,27)(H,28,29,34). The zero-order chi connectivity index (χ0) is 25.1. The molecule has 10 nitrogen and oxygen atoms in total. The first-order valence-electron chi connectivity index (χ1n) is 10.3. The summed E-state index contributed by atoms with van der Waals surface area (Å²) in [5.41, 5.74) is 5.36. The molecule has 178 valence electrons. The van der Waals surface area contributed by atoms with Crippen molar-refractivity contribution < 1.29 is 13.9 Å². The average molecular weight is 496 g/mol. The summed E-state index contributed by atoms with van der Waals surface area (Å²) >= 11 is 6.05. The number of benzene rings is 1. The van der Waals surface area contributed by atoms with E-state index in [1.165, 1.54) is 59.5 Å². The number of nitrogens with zero attached hydrogens (tertiary/aromatic N) is 5. The summed E-state index contributed by atoms with van der Waals surface area (Å²) in [7, 11) is 0. The van der Waals surface area contributed by atoms with Crippen LogP contribution in [-0.2, 0) is 0 Å². The van der Waals surface area contributed by atoms with E-state index in [9.17, 15) is 14.0 Å². The van der Waals surface area contributed by atoms with Crippen LogP contribution < -0.4 is 21.2 Å². The molecule has 4 rings (SSSR count). The largest absolute Gasteiger partial charge is 0.436 e. The van der Waals surface area contributed by atoms with Crippen molar-refractivity contribution in [2.24, 2.45) is 0 Å². The highest BCUT2D eigenvalue weighted by Gasteiger charge is 2.20. The number of pyridine rings is 1. The quantitative estimate of drug-likeness (QED) is 0.407. The van der Waals surface area contributed by atoms with Crippen LogP contribution in [0.3, 0.4) is 0 Å². The Balaban J connectivity index is 1.59. The summed E-state index contributed by atoms with van der Waals surface area (Å²) in [6.07, 6.45) is 2.95. The van der Waals surface area contributed by atoms with Crippen LogP contribution in [-0.4, -0.2) is 30.9 Å². The molecule has 0 aliphatic heterocycles. The third-order valence-electron chi connectivity index (χ3n) is 4.81. The molecule has 0 radical (unpaired) electrons. The van der Waals surface area contributed by atoms with Crippen molar-refractivity contribution in [1.29, 1.82) is 0 Å². The van der Waals surface area contributed by atoms with E-state index in [1.807, 2.05) is 13.8 Å². The molecule has 0 fully saturated rings. The monoisotopic (exact) mass is 495 g/mol. The van der Waals surface area contributed by atoms with E-state index in [0.717, 1.165) is 0 Å². The fraction of sp³-hybridized carbons (Fsp3) is 0.130. The molecule has 0 saturated carbocycles. The number of ether oxygens (including phenoxy) is 1. The molecule has 0 aliphatic carbocycles. The molecule has 0 aliphatic rings. The number of anilines is 2. The van der Waals surface area contributed by atoms with Crippen molar-refractivity contribution in [1.82, 2.24) is 25.0 Å². The number of nitrogens with two attached hydrogens (primary N) is 1. The van der Waals surface area contributed by atoms with E-state index in [1.54, 1.807) is 0 Å². The van der Waals surface area contributed by atoms with Crippen LogP contribution in [0.1, 0.15) is 30.4 Å². The van der Waals surface area contributed by atoms with E-state index in [-0.39, 0.29) is 45.6 Å². The maximum Gasteiger partial charge on any atom is 0.281 e. The van der Waals surface area contributed by atoms with Gasteiger partial charge in [-0.3, -0.25) is 14.3 Å². The minimum Gasteiger partial charge on any atom is -0.436 e. The summed E-state index contributed by atoms with van der Waals surface area (Å²) in [5.74, 6) is -0.724. The van der Waals surface area contributed by atoms with Crippen LogP contribution in [0, 0.1) is 5.82 Å². The topological polar surface area (TPSA) is 138 Å². The van der Waals surface area contributed by atoms with Crippen molar-refractivity contribution >= 4 is 29.1 Å². The smallest absolute Gasteiger partial charge is 0.281 e. The second-order valence-corrected chi connectivity index (χ2v) is 8.00. The van der Waals surface area contributed by atoms with Crippen molar-refractivity contribution in [2.45, 2.75) is 19.9 Å². The Morgan fingerprint density at radius 3 is 2.54 bits per heavy atom. The zero-order valence-electron chi connectivity index (χ0n) is 18.6. The minimum atomic E-state index is -0.777. The Bertz CT molecular complexity index is 1440. The third kappa shape index (κ3) is 5.25. The Morgan fingerprint density at radius 1 is 1.14 bits per heavy atom. The lowest BCUT2D eigenvalue weighted by Gasteiger charge is -2.14. The summed E-state index contributed by atoms with van der Waals surface area (Å²) in [6.45, 7) is 3.70. The predicted octanol–water partition coefficient (Wildman–Crippen LogP) is 4.10. The lowest BCUT2D eigenvalue weighted by atomic mass is 10.1. The van der Waals surface area contributed by atoms with Gasteiger partial charge in [0.2, 0.25) is 11.3 Å². The molecule has 12 heteroatoms. The molecule has 0 atom stereocenters. The van der Waals surface area contributed by atoms with Crippen LogP contribution in [0.5, 0.6) is 11.6 Å². The number of nitrogens with one attached hydrogen (secondary N) is 1. The second-order valence-electron chi connectivity index (χ2n) is 7.62. The number of rotatable bonds is 6.